The summed E-state index contributed by atoms with van der Waals surface area (Å²) in [6.07, 6.45) is 1.60. The zero-order valence-corrected chi connectivity index (χ0v) is 16.4. The van der Waals surface area contributed by atoms with E-state index in [1.54, 1.807) is 30.5 Å². The Hall–Kier alpha value is -2.86. The Morgan fingerprint density at radius 2 is 1.67 bits per heavy atom. The Balaban J connectivity index is 1.71. The van der Waals surface area contributed by atoms with E-state index in [0.717, 1.165) is 22.5 Å². The Morgan fingerprint density at radius 3 is 2.26 bits per heavy atom. The Morgan fingerprint density at radius 1 is 0.926 bits per heavy atom. The first-order valence-corrected chi connectivity index (χ1v) is 10.2. The van der Waals surface area contributed by atoms with Crippen LogP contribution in [0.4, 0.5) is 17.2 Å². The van der Waals surface area contributed by atoms with E-state index < -0.39 is 10.0 Å². The number of pyridine rings is 1. The van der Waals surface area contributed by atoms with Gasteiger partial charge in [0.05, 0.1) is 16.8 Å². The maximum atomic E-state index is 12.5. The van der Waals surface area contributed by atoms with Crippen molar-refractivity contribution in [3.63, 3.8) is 0 Å². The van der Waals surface area contributed by atoms with E-state index in [9.17, 15) is 8.42 Å². The summed E-state index contributed by atoms with van der Waals surface area (Å²) in [6.45, 7) is 6.16. The van der Waals surface area contributed by atoms with Gasteiger partial charge in [0.2, 0.25) is 0 Å². The van der Waals surface area contributed by atoms with Crippen LogP contribution < -0.4 is 10.0 Å². The zero-order chi connectivity index (χ0) is 19.4. The van der Waals surface area contributed by atoms with Crippen LogP contribution in [0.25, 0.3) is 0 Å². The third-order valence-electron chi connectivity index (χ3n) is 4.17. The monoisotopic (exact) mass is 381 g/mol. The van der Waals surface area contributed by atoms with Crippen LogP contribution in [0.1, 0.15) is 30.9 Å². The summed E-state index contributed by atoms with van der Waals surface area (Å²) < 4.78 is 27.6. The lowest BCUT2D eigenvalue weighted by Gasteiger charge is -2.11. The van der Waals surface area contributed by atoms with Crippen LogP contribution in [-0.2, 0) is 10.0 Å². The van der Waals surface area contributed by atoms with Gasteiger partial charge in [-0.2, -0.15) is 0 Å². The van der Waals surface area contributed by atoms with Crippen LogP contribution in [0.15, 0.2) is 71.8 Å². The van der Waals surface area contributed by atoms with Gasteiger partial charge in [-0.05, 0) is 60.4 Å². The molecule has 0 saturated carbocycles. The highest BCUT2D eigenvalue weighted by Crippen LogP contribution is 2.21. The number of sulfonamides is 1. The second-order valence-corrected chi connectivity index (χ2v) is 8.44. The van der Waals surface area contributed by atoms with E-state index in [2.05, 4.69) is 28.9 Å². The maximum absolute atomic E-state index is 12.5. The minimum Gasteiger partial charge on any atom is -0.354 e. The lowest BCUT2D eigenvalue weighted by Crippen LogP contribution is -2.14. The van der Waals surface area contributed by atoms with E-state index in [-0.39, 0.29) is 10.7 Å². The number of nitrogens with zero attached hydrogens (tertiary/aromatic N) is 1. The van der Waals surface area contributed by atoms with Gasteiger partial charge in [0.25, 0.3) is 10.0 Å². The van der Waals surface area contributed by atoms with E-state index in [1.165, 1.54) is 0 Å². The third kappa shape index (κ3) is 4.86. The lowest BCUT2D eigenvalue weighted by atomic mass is 10.0. The topological polar surface area (TPSA) is 71.1 Å². The molecule has 140 valence electrons. The number of anilines is 3. The molecular weight excluding hydrogens is 358 g/mol. The van der Waals surface area contributed by atoms with Crippen molar-refractivity contribution in [3.8, 4) is 0 Å². The molecule has 0 unspecified atom stereocenters. The fourth-order valence-corrected chi connectivity index (χ4v) is 3.65. The molecular formula is C21H23N3O2S. The third-order valence-corrected chi connectivity index (χ3v) is 5.54. The number of aryl methyl sites for hydroxylation is 1. The summed E-state index contributed by atoms with van der Waals surface area (Å²) in [7, 11) is -3.67. The lowest BCUT2D eigenvalue weighted by molar-refractivity contribution is 0.601. The van der Waals surface area contributed by atoms with Crippen molar-refractivity contribution in [1.82, 2.24) is 4.98 Å². The fourth-order valence-electron chi connectivity index (χ4n) is 2.65. The normalized spacial score (nSPS) is 11.4. The molecule has 1 aromatic heterocycles. The number of hydrogen-bond acceptors (Lipinski definition) is 4. The Labute approximate surface area is 160 Å². The van der Waals surface area contributed by atoms with Crippen LogP contribution in [0.3, 0.4) is 0 Å². The number of hydrogen-bond donors (Lipinski definition) is 2. The SMILES string of the molecule is Cc1cccc(Nc2ccc(NS(=O)(=O)c3ccc(C(C)C)cc3)nc2)c1. The summed E-state index contributed by atoms with van der Waals surface area (Å²) in [4.78, 5) is 4.42. The van der Waals surface area contributed by atoms with Crippen molar-refractivity contribution in [1.29, 1.82) is 0 Å². The van der Waals surface area contributed by atoms with Gasteiger partial charge >= 0.3 is 0 Å². The Kier molecular flexibility index (Phi) is 5.46. The summed E-state index contributed by atoms with van der Waals surface area (Å²) in [5.74, 6) is 0.627. The fraction of sp³-hybridized carbons (Fsp3) is 0.190. The molecule has 0 radical (unpaired) electrons. The average Bonchev–Trinajstić information content (AvgIpc) is 2.63. The maximum Gasteiger partial charge on any atom is 0.263 e. The van der Waals surface area contributed by atoms with Gasteiger partial charge in [-0.3, -0.25) is 4.72 Å². The summed E-state index contributed by atoms with van der Waals surface area (Å²) in [6, 6.07) is 18.3. The molecule has 0 spiro atoms. The number of aromatic nitrogens is 1. The zero-order valence-electron chi connectivity index (χ0n) is 15.6. The van der Waals surface area contributed by atoms with E-state index >= 15 is 0 Å². The molecule has 0 aliphatic carbocycles. The number of nitrogens with one attached hydrogen (secondary N) is 2. The largest absolute Gasteiger partial charge is 0.354 e. The van der Waals surface area contributed by atoms with Gasteiger partial charge in [0.15, 0.2) is 0 Å². The van der Waals surface area contributed by atoms with Gasteiger partial charge in [0, 0.05) is 5.69 Å². The van der Waals surface area contributed by atoms with Crippen LogP contribution in [0.5, 0.6) is 0 Å². The average molecular weight is 382 g/mol. The second-order valence-electron chi connectivity index (χ2n) is 6.76. The second kappa shape index (κ2) is 7.80. The summed E-state index contributed by atoms with van der Waals surface area (Å²) in [5.41, 5.74) is 3.99. The summed E-state index contributed by atoms with van der Waals surface area (Å²) in [5, 5.41) is 3.24. The quantitative estimate of drug-likeness (QED) is 0.626. The molecule has 0 aliphatic heterocycles. The van der Waals surface area contributed by atoms with Crippen LogP contribution in [-0.4, -0.2) is 13.4 Å². The van der Waals surface area contributed by atoms with Gasteiger partial charge in [-0.15, -0.1) is 0 Å². The van der Waals surface area contributed by atoms with Gasteiger partial charge in [0.1, 0.15) is 5.82 Å². The summed E-state index contributed by atoms with van der Waals surface area (Å²) >= 11 is 0. The smallest absolute Gasteiger partial charge is 0.263 e. The molecule has 0 amide bonds. The van der Waals surface area contributed by atoms with Crippen molar-refractivity contribution >= 4 is 27.2 Å². The van der Waals surface area contributed by atoms with Crippen molar-refractivity contribution in [2.45, 2.75) is 31.6 Å². The first-order chi connectivity index (χ1) is 12.8. The first-order valence-electron chi connectivity index (χ1n) is 8.76. The molecule has 3 rings (SSSR count). The van der Waals surface area contributed by atoms with Crippen LogP contribution in [0, 0.1) is 6.92 Å². The predicted octanol–water partition coefficient (Wildman–Crippen LogP) is 5.06. The minimum atomic E-state index is -3.67. The van der Waals surface area contributed by atoms with Crippen molar-refractivity contribution in [2.24, 2.45) is 0 Å². The van der Waals surface area contributed by atoms with Gasteiger partial charge < -0.3 is 5.32 Å². The van der Waals surface area contributed by atoms with Gasteiger partial charge in [-0.1, -0.05) is 38.1 Å². The van der Waals surface area contributed by atoms with Crippen molar-refractivity contribution < 1.29 is 8.42 Å². The predicted molar refractivity (Wildman–Crippen MR) is 110 cm³/mol. The molecule has 5 nitrogen and oxygen atoms in total. The molecule has 0 fully saturated rings. The standard InChI is InChI=1S/C21H23N3O2S/c1-15(2)17-7-10-20(11-8-17)27(25,26)24-21-12-9-19(14-22-21)23-18-6-4-5-16(3)13-18/h4-15,23H,1-3H3,(H,22,24). The molecule has 3 aromatic rings. The highest BCUT2D eigenvalue weighted by Gasteiger charge is 2.15. The molecule has 2 aromatic carbocycles. The first kappa shape index (κ1) is 18.9. The Bertz CT molecular complexity index is 1010. The minimum absolute atomic E-state index is 0.218. The van der Waals surface area contributed by atoms with Gasteiger partial charge in [-0.25, -0.2) is 13.4 Å². The molecule has 0 aliphatic rings. The molecule has 27 heavy (non-hydrogen) atoms. The van der Waals surface area contributed by atoms with E-state index in [4.69, 9.17) is 0 Å². The molecule has 0 atom stereocenters. The van der Waals surface area contributed by atoms with Crippen molar-refractivity contribution in [3.05, 3.63) is 78.0 Å². The number of rotatable bonds is 6. The molecule has 2 N–H and O–H groups in total. The van der Waals surface area contributed by atoms with E-state index in [1.807, 2.05) is 43.3 Å². The highest BCUT2D eigenvalue weighted by molar-refractivity contribution is 7.92. The molecule has 6 heteroatoms. The highest BCUT2D eigenvalue weighted by atomic mass is 32.2. The number of benzene rings is 2. The van der Waals surface area contributed by atoms with Crippen LogP contribution in [0.2, 0.25) is 0 Å². The molecule has 0 saturated heterocycles. The van der Waals surface area contributed by atoms with E-state index in [0.29, 0.717) is 5.92 Å². The molecule has 0 bridgehead atoms. The van der Waals surface area contributed by atoms with Crippen molar-refractivity contribution in [2.75, 3.05) is 10.0 Å². The van der Waals surface area contributed by atoms with Crippen LogP contribution >= 0.6 is 0 Å². The molecule has 1 heterocycles.